The number of nitrogens with zero attached hydrogens (tertiary/aromatic N) is 1. The van der Waals surface area contributed by atoms with Crippen molar-refractivity contribution in [3.8, 4) is 0 Å². The van der Waals surface area contributed by atoms with Crippen LogP contribution in [0.25, 0.3) is 10.9 Å². The van der Waals surface area contributed by atoms with Crippen molar-refractivity contribution in [2.24, 2.45) is 0 Å². The molecule has 4 rings (SSSR count). The van der Waals surface area contributed by atoms with Crippen molar-refractivity contribution in [3.05, 3.63) is 76.5 Å². The quantitative estimate of drug-likeness (QED) is 0.764. The average molecular weight is 346 g/mol. The number of carbonyl (C=O) groups is 1. The summed E-state index contributed by atoms with van der Waals surface area (Å²) in [7, 11) is 1.69. The normalized spacial score (nSPS) is 13.0. The van der Waals surface area contributed by atoms with E-state index in [0.717, 1.165) is 58.1 Å². The number of ether oxygens (including phenoxy) is 1. The molecule has 0 radical (unpaired) electrons. The number of aryl methyl sites for hydroxylation is 1. The lowest BCUT2D eigenvalue weighted by Crippen LogP contribution is -2.24. The van der Waals surface area contributed by atoms with Crippen LogP contribution in [0.4, 0.5) is 0 Å². The van der Waals surface area contributed by atoms with Gasteiger partial charge in [-0.3, -0.25) is 9.78 Å². The lowest BCUT2D eigenvalue weighted by molar-refractivity contribution is 0.0951. The number of benzene rings is 2. The molecule has 0 saturated heterocycles. The predicted octanol–water partition coefficient (Wildman–Crippen LogP) is 3.80. The van der Waals surface area contributed by atoms with Crippen LogP contribution in [-0.4, -0.2) is 18.0 Å². The third-order valence-corrected chi connectivity index (χ3v) is 4.93. The first-order valence-electron chi connectivity index (χ1n) is 9.01. The molecule has 4 nitrogen and oxygen atoms in total. The Morgan fingerprint density at radius 1 is 1.08 bits per heavy atom. The molecule has 1 amide bonds. The molecular formula is C22H22N2O2. The van der Waals surface area contributed by atoms with Crippen LogP contribution >= 0.6 is 0 Å². The highest BCUT2D eigenvalue weighted by molar-refractivity contribution is 6.07. The van der Waals surface area contributed by atoms with Gasteiger partial charge in [-0.05, 0) is 42.0 Å². The first-order valence-corrected chi connectivity index (χ1v) is 9.01. The number of aromatic nitrogens is 1. The summed E-state index contributed by atoms with van der Waals surface area (Å²) in [5, 5.41) is 4.04. The van der Waals surface area contributed by atoms with E-state index in [0.29, 0.717) is 13.2 Å². The molecular weight excluding hydrogens is 324 g/mol. The van der Waals surface area contributed by atoms with E-state index in [-0.39, 0.29) is 5.91 Å². The molecule has 26 heavy (non-hydrogen) atoms. The first-order chi connectivity index (χ1) is 12.8. The molecule has 0 fully saturated rings. The van der Waals surface area contributed by atoms with Crippen molar-refractivity contribution < 1.29 is 9.53 Å². The van der Waals surface area contributed by atoms with Gasteiger partial charge in [0.25, 0.3) is 5.91 Å². The minimum atomic E-state index is -0.0114. The fourth-order valence-corrected chi connectivity index (χ4v) is 3.66. The van der Waals surface area contributed by atoms with Crippen molar-refractivity contribution in [3.63, 3.8) is 0 Å². The molecule has 3 aromatic rings. The summed E-state index contributed by atoms with van der Waals surface area (Å²) in [4.78, 5) is 17.8. The van der Waals surface area contributed by atoms with Gasteiger partial charge in [0.2, 0.25) is 0 Å². The van der Waals surface area contributed by atoms with E-state index in [9.17, 15) is 4.79 Å². The third-order valence-electron chi connectivity index (χ3n) is 4.93. The molecule has 0 saturated carbocycles. The summed E-state index contributed by atoms with van der Waals surface area (Å²) in [6, 6.07) is 16.0. The van der Waals surface area contributed by atoms with Crippen molar-refractivity contribution in [2.75, 3.05) is 7.11 Å². The van der Waals surface area contributed by atoms with Crippen molar-refractivity contribution in [1.29, 1.82) is 0 Å². The third kappa shape index (κ3) is 3.20. The SMILES string of the molecule is COCc1ccc(CNC(=O)c2c3c(nc4ccccc24)CCC3)cc1. The summed E-state index contributed by atoms with van der Waals surface area (Å²) in [5.74, 6) is -0.0114. The number of hydrogen-bond donors (Lipinski definition) is 1. The Morgan fingerprint density at radius 3 is 2.65 bits per heavy atom. The summed E-state index contributed by atoms with van der Waals surface area (Å²) in [6.45, 7) is 1.11. The fourth-order valence-electron chi connectivity index (χ4n) is 3.66. The van der Waals surface area contributed by atoms with Gasteiger partial charge in [-0.25, -0.2) is 0 Å². The number of hydrogen-bond acceptors (Lipinski definition) is 3. The second kappa shape index (κ2) is 7.26. The molecule has 0 aliphatic heterocycles. The fraction of sp³-hybridized carbons (Fsp3) is 0.273. The molecule has 1 N–H and O–H groups in total. The van der Waals surface area contributed by atoms with Crippen molar-refractivity contribution in [2.45, 2.75) is 32.4 Å². The number of amides is 1. The highest BCUT2D eigenvalue weighted by atomic mass is 16.5. The molecule has 132 valence electrons. The molecule has 0 unspecified atom stereocenters. The van der Waals surface area contributed by atoms with Gasteiger partial charge in [-0.15, -0.1) is 0 Å². The zero-order valence-corrected chi connectivity index (χ0v) is 14.9. The Kier molecular flexibility index (Phi) is 4.67. The van der Waals surface area contributed by atoms with Gasteiger partial charge in [0.1, 0.15) is 0 Å². The monoisotopic (exact) mass is 346 g/mol. The Balaban J connectivity index is 1.58. The molecule has 2 aromatic carbocycles. The molecule has 0 spiro atoms. The average Bonchev–Trinajstić information content (AvgIpc) is 3.13. The Bertz CT molecular complexity index is 948. The second-order valence-electron chi connectivity index (χ2n) is 6.71. The van der Waals surface area contributed by atoms with Crippen LogP contribution in [0.2, 0.25) is 0 Å². The van der Waals surface area contributed by atoms with Gasteiger partial charge in [0, 0.05) is 24.7 Å². The van der Waals surface area contributed by atoms with E-state index in [4.69, 9.17) is 9.72 Å². The number of pyridine rings is 1. The minimum absolute atomic E-state index is 0.0114. The number of nitrogens with one attached hydrogen (secondary N) is 1. The molecule has 1 heterocycles. The van der Waals surface area contributed by atoms with E-state index < -0.39 is 0 Å². The Hall–Kier alpha value is -2.72. The second-order valence-corrected chi connectivity index (χ2v) is 6.71. The number of methoxy groups -OCH3 is 1. The van der Waals surface area contributed by atoms with Gasteiger partial charge < -0.3 is 10.1 Å². The van der Waals surface area contributed by atoms with Crippen molar-refractivity contribution >= 4 is 16.8 Å². The standard InChI is InChI=1S/C22H22N2O2/c1-26-14-16-11-9-15(10-12-16)13-23-22(25)21-17-5-2-3-7-19(17)24-20-8-4-6-18(20)21/h2-3,5,7,9-12H,4,6,8,13-14H2,1H3,(H,23,25). The van der Waals surface area contributed by atoms with E-state index in [1.165, 1.54) is 0 Å². The van der Waals surface area contributed by atoms with Gasteiger partial charge in [0.05, 0.1) is 17.7 Å². The topological polar surface area (TPSA) is 51.2 Å². The van der Waals surface area contributed by atoms with Gasteiger partial charge >= 0.3 is 0 Å². The zero-order chi connectivity index (χ0) is 17.9. The minimum Gasteiger partial charge on any atom is -0.380 e. The number of carbonyl (C=O) groups excluding carboxylic acids is 1. The maximum atomic E-state index is 13.0. The van der Waals surface area contributed by atoms with Crippen LogP contribution in [0.1, 0.15) is 39.2 Å². The molecule has 1 aliphatic rings. The van der Waals surface area contributed by atoms with Gasteiger partial charge in [-0.1, -0.05) is 42.5 Å². The lowest BCUT2D eigenvalue weighted by Gasteiger charge is -2.13. The van der Waals surface area contributed by atoms with Crippen LogP contribution in [0.5, 0.6) is 0 Å². The lowest BCUT2D eigenvalue weighted by atomic mass is 10.0. The number of para-hydroxylation sites is 1. The van der Waals surface area contributed by atoms with E-state index >= 15 is 0 Å². The maximum absolute atomic E-state index is 13.0. The molecule has 4 heteroatoms. The van der Waals surface area contributed by atoms with Gasteiger partial charge in [0.15, 0.2) is 0 Å². The summed E-state index contributed by atoms with van der Waals surface area (Å²) in [6.07, 6.45) is 2.96. The van der Waals surface area contributed by atoms with Crippen LogP contribution in [0, 0.1) is 0 Å². The zero-order valence-electron chi connectivity index (χ0n) is 14.9. The summed E-state index contributed by atoms with van der Waals surface area (Å²) < 4.78 is 5.13. The molecule has 1 aliphatic carbocycles. The predicted molar refractivity (Wildman–Crippen MR) is 102 cm³/mol. The largest absolute Gasteiger partial charge is 0.380 e. The highest BCUT2D eigenvalue weighted by Gasteiger charge is 2.23. The molecule has 1 aromatic heterocycles. The smallest absolute Gasteiger partial charge is 0.252 e. The van der Waals surface area contributed by atoms with Crippen LogP contribution < -0.4 is 5.32 Å². The van der Waals surface area contributed by atoms with Crippen LogP contribution in [0.15, 0.2) is 48.5 Å². The summed E-state index contributed by atoms with van der Waals surface area (Å²) >= 11 is 0. The number of rotatable bonds is 5. The van der Waals surface area contributed by atoms with Gasteiger partial charge in [-0.2, -0.15) is 0 Å². The van der Waals surface area contributed by atoms with Crippen LogP contribution in [0.3, 0.4) is 0 Å². The van der Waals surface area contributed by atoms with E-state index in [1.807, 2.05) is 48.5 Å². The molecule has 0 atom stereocenters. The highest BCUT2D eigenvalue weighted by Crippen LogP contribution is 2.29. The Morgan fingerprint density at radius 2 is 1.85 bits per heavy atom. The maximum Gasteiger partial charge on any atom is 0.252 e. The Labute approximate surface area is 153 Å². The van der Waals surface area contributed by atoms with E-state index in [2.05, 4.69) is 5.32 Å². The first kappa shape index (κ1) is 16.7. The van der Waals surface area contributed by atoms with E-state index in [1.54, 1.807) is 7.11 Å². The van der Waals surface area contributed by atoms with Crippen LogP contribution in [-0.2, 0) is 30.7 Å². The van der Waals surface area contributed by atoms with Crippen molar-refractivity contribution in [1.82, 2.24) is 10.3 Å². The number of fused-ring (bicyclic) bond motifs is 2. The molecule has 0 bridgehead atoms. The summed E-state index contributed by atoms with van der Waals surface area (Å²) in [5.41, 5.74) is 6.12.